The SMILES string of the molecule is Cc1nc(NCC2C3CN(c4ccc(F)cc4N)C[C@@H]23)nc(N[C@@H]2C[C@H](CO)[C@@H](O)[C@H]2O)c1-c1nc2c(C)nccc2s1. The number of nitrogen functional groups attached to an aromatic ring is 1. The fourth-order valence-corrected chi connectivity index (χ4v) is 8.01. The zero-order chi connectivity index (χ0) is 30.0. The van der Waals surface area contributed by atoms with Crippen molar-refractivity contribution in [2.24, 2.45) is 23.7 Å². The Hall–Kier alpha value is -3.65. The molecular weight excluding hydrogens is 571 g/mol. The molecule has 3 aromatic heterocycles. The standard InChI is InChI=1S/C30H35FN8O3S/c1-13-24(29-37-25-14(2)33-6-5-23(25)43-29)28(36-21-7-15(12-40)26(41)27(21)42)38-30(35-13)34-9-17-18-10-39(11-19(17)18)22-4-3-16(31)8-20(22)32/h3-6,8,15,17-19,21,26-27,40-42H,7,9-12,32H2,1-2H3,(H2,34,35,36,38)/t15-,17?,18+,19?,21-,26-,27+/m1/s1. The van der Waals surface area contributed by atoms with E-state index in [2.05, 4.69) is 20.5 Å². The van der Waals surface area contributed by atoms with Gasteiger partial charge in [0.05, 0.1) is 45.2 Å². The fourth-order valence-electron chi connectivity index (χ4n) is 6.90. The second-order valence-corrected chi connectivity index (χ2v) is 13.0. The summed E-state index contributed by atoms with van der Waals surface area (Å²) in [4.78, 5) is 21.1. The molecule has 3 fully saturated rings. The lowest BCUT2D eigenvalue weighted by Crippen LogP contribution is -2.35. The molecule has 4 aromatic rings. The van der Waals surface area contributed by atoms with E-state index in [4.69, 9.17) is 20.7 Å². The fraction of sp³-hybridized carbons (Fsp3) is 0.467. The molecule has 11 nitrogen and oxygen atoms in total. The molecule has 0 radical (unpaired) electrons. The lowest BCUT2D eigenvalue weighted by atomic mass is 10.1. The van der Waals surface area contributed by atoms with Gasteiger partial charge in [0.15, 0.2) is 0 Å². The molecule has 0 bridgehead atoms. The Morgan fingerprint density at radius 1 is 1.07 bits per heavy atom. The van der Waals surface area contributed by atoms with Crippen LogP contribution in [0.3, 0.4) is 0 Å². The average Bonchev–Trinajstić information content (AvgIpc) is 3.30. The van der Waals surface area contributed by atoms with Crippen molar-refractivity contribution in [3.8, 4) is 10.6 Å². The van der Waals surface area contributed by atoms with Crippen molar-refractivity contribution < 1.29 is 19.7 Å². The van der Waals surface area contributed by atoms with Crippen molar-refractivity contribution >= 4 is 44.7 Å². The Bertz CT molecular complexity index is 1670. The lowest BCUT2D eigenvalue weighted by Gasteiger charge is -2.24. The third-order valence-electron chi connectivity index (χ3n) is 9.35. The zero-order valence-corrected chi connectivity index (χ0v) is 24.7. The summed E-state index contributed by atoms with van der Waals surface area (Å²) in [5, 5.41) is 38.4. The molecule has 7 atom stereocenters. The molecule has 0 amide bonds. The number of pyridine rings is 1. The number of anilines is 4. The quantitative estimate of drug-likeness (QED) is 0.163. The van der Waals surface area contributed by atoms with Gasteiger partial charge in [0.1, 0.15) is 28.3 Å². The van der Waals surface area contributed by atoms with Crippen LogP contribution in [0.4, 0.5) is 27.5 Å². The first-order valence-corrected chi connectivity index (χ1v) is 15.4. The van der Waals surface area contributed by atoms with E-state index in [1.54, 1.807) is 12.3 Å². The number of halogens is 1. The first-order chi connectivity index (χ1) is 20.7. The molecule has 2 saturated carbocycles. The third kappa shape index (κ3) is 5.03. The van der Waals surface area contributed by atoms with E-state index in [9.17, 15) is 19.7 Å². The van der Waals surface area contributed by atoms with E-state index >= 15 is 0 Å². The van der Waals surface area contributed by atoms with E-state index in [0.717, 1.165) is 51.0 Å². The summed E-state index contributed by atoms with van der Waals surface area (Å²) in [6.45, 7) is 6.09. The number of hydrogen-bond donors (Lipinski definition) is 6. The van der Waals surface area contributed by atoms with Crippen LogP contribution < -0.4 is 21.3 Å². The number of nitrogens with one attached hydrogen (secondary N) is 2. The summed E-state index contributed by atoms with van der Waals surface area (Å²) in [6.07, 6.45) is 0.0822. The van der Waals surface area contributed by atoms with Crippen LogP contribution in [0.5, 0.6) is 0 Å². The molecule has 1 aromatic carbocycles. The van der Waals surface area contributed by atoms with Gasteiger partial charge in [-0.15, -0.1) is 11.3 Å². The molecule has 43 heavy (non-hydrogen) atoms. The molecule has 1 aliphatic heterocycles. The summed E-state index contributed by atoms with van der Waals surface area (Å²) >= 11 is 1.52. The Kier molecular flexibility index (Phi) is 7.07. The van der Waals surface area contributed by atoms with E-state index < -0.39 is 24.2 Å². The number of hydrogen-bond acceptors (Lipinski definition) is 12. The van der Waals surface area contributed by atoms with Gasteiger partial charge in [-0.25, -0.2) is 14.4 Å². The highest BCUT2D eigenvalue weighted by Gasteiger charge is 2.55. The molecule has 3 aliphatic rings. The van der Waals surface area contributed by atoms with Gasteiger partial charge < -0.3 is 36.6 Å². The van der Waals surface area contributed by atoms with Crippen molar-refractivity contribution in [2.75, 3.05) is 47.5 Å². The number of nitrogens with two attached hydrogens (primary N) is 1. The van der Waals surface area contributed by atoms with Crippen LogP contribution in [-0.2, 0) is 0 Å². The number of nitrogens with zero attached hydrogens (tertiary/aromatic N) is 5. The molecule has 2 aliphatic carbocycles. The number of fused-ring (bicyclic) bond motifs is 2. The topological polar surface area (TPSA) is 166 Å². The number of aromatic nitrogens is 4. The lowest BCUT2D eigenvalue weighted by molar-refractivity contribution is 0.00446. The van der Waals surface area contributed by atoms with Crippen LogP contribution in [-0.4, -0.2) is 79.7 Å². The van der Waals surface area contributed by atoms with Crippen molar-refractivity contribution in [3.63, 3.8) is 0 Å². The van der Waals surface area contributed by atoms with Gasteiger partial charge in [0, 0.05) is 38.4 Å². The Morgan fingerprint density at radius 2 is 1.86 bits per heavy atom. The van der Waals surface area contributed by atoms with Crippen LogP contribution in [0, 0.1) is 43.3 Å². The first-order valence-electron chi connectivity index (χ1n) is 14.6. The number of aliphatic hydroxyl groups is 3. The predicted molar refractivity (Wildman–Crippen MR) is 165 cm³/mol. The van der Waals surface area contributed by atoms with Gasteiger partial charge in [0.2, 0.25) is 5.95 Å². The van der Waals surface area contributed by atoms with Crippen LogP contribution in [0.15, 0.2) is 30.5 Å². The summed E-state index contributed by atoms with van der Waals surface area (Å²) in [5.74, 6) is 1.73. The molecule has 0 spiro atoms. The van der Waals surface area contributed by atoms with Crippen LogP contribution in [0.1, 0.15) is 17.8 Å². The predicted octanol–water partition coefficient (Wildman–Crippen LogP) is 2.80. The van der Waals surface area contributed by atoms with Crippen LogP contribution in [0.2, 0.25) is 0 Å². The Morgan fingerprint density at radius 3 is 2.56 bits per heavy atom. The molecule has 13 heteroatoms. The number of piperidine rings is 1. The van der Waals surface area contributed by atoms with Gasteiger partial charge in [-0.3, -0.25) is 4.98 Å². The number of aliphatic hydroxyl groups excluding tert-OH is 3. The van der Waals surface area contributed by atoms with E-state index in [1.807, 2.05) is 19.9 Å². The zero-order valence-electron chi connectivity index (χ0n) is 23.9. The normalized spacial score (nSPS) is 28.0. The highest BCUT2D eigenvalue weighted by atomic mass is 32.1. The van der Waals surface area contributed by atoms with Gasteiger partial charge in [-0.2, -0.15) is 4.98 Å². The average molecular weight is 607 g/mol. The smallest absolute Gasteiger partial charge is 0.224 e. The minimum Gasteiger partial charge on any atom is -0.397 e. The van der Waals surface area contributed by atoms with E-state index in [-0.39, 0.29) is 12.4 Å². The molecule has 226 valence electrons. The molecular formula is C30H35FN8O3S. The van der Waals surface area contributed by atoms with Crippen LogP contribution >= 0.6 is 11.3 Å². The highest BCUT2D eigenvalue weighted by Crippen LogP contribution is 2.53. The Labute approximate surface area is 252 Å². The third-order valence-corrected chi connectivity index (χ3v) is 10.4. The largest absolute Gasteiger partial charge is 0.397 e. The van der Waals surface area contributed by atoms with Crippen molar-refractivity contribution in [2.45, 2.75) is 38.5 Å². The van der Waals surface area contributed by atoms with Crippen LogP contribution in [0.25, 0.3) is 20.8 Å². The van der Waals surface area contributed by atoms with E-state index in [1.165, 1.54) is 23.5 Å². The maximum atomic E-state index is 13.5. The minimum absolute atomic E-state index is 0.210. The minimum atomic E-state index is -1.05. The molecule has 1 saturated heterocycles. The van der Waals surface area contributed by atoms with E-state index in [0.29, 0.717) is 48.2 Å². The maximum absolute atomic E-state index is 13.5. The van der Waals surface area contributed by atoms with Gasteiger partial charge >= 0.3 is 0 Å². The molecule has 4 heterocycles. The number of benzene rings is 1. The number of thiazole rings is 1. The second-order valence-electron chi connectivity index (χ2n) is 12.0. The maximum Gasteiger partial charge on any atom is 0.224 e. The van der Waals surface area contributed by atoms with Gasteiger partial charge in [0.25, 0.3) is 0 Å². The summed E-state index contributed by atoms with van der Waals surface area (Å²) in [5.41, 5.74) is 10.5. The second kappa shape index (κ2) is 10.8. The summed E-state index contributed by atoms with van der Waals surface area (Å²) in [7, 11) is 0. The van der Waals surface area contributed by atoms with Gasteiger partial charge in [-0.1, -0.05) is 0 Å². The summed E-state index contributed by atoms with van der Waals surface area (Å²) < 4.78 is 14.5. The molecule has 7 rings (SSSR count). The monoisotopic (exact) mass is 606 g/mol. The van der Waals surface area contributed by atoms with Crippen molar-refractivity contribution in [1.29, 1.82) is 0 Å². The first kappa shape index (κ1) is 28.1. The Balaban J connectivity index is 1.11. The van der Waals surface area contributed by atoms with Gasteiger partial charge in [-0.05, 0) is 62.3 Å². The highest BCUT2D eigenvalue weighted by molar-refractivity contribution is 7.21. The molecule has 7 N–H and O–H groups in total. The molecule has 2 unspecified atom stereocenters. The summed E-state index contributed by atoms with van der Waals surface area (Å²) in [6, 6.07) is 6.00. The number of rotatable bonds is 8. The van der Waals surface area contributed by atoms with Crippen molar-refractivity contribution in [3.05, 3.63) is 47.7 Å². The van der Waals surface area contributed by atoms with Crippen molar-refractivity contribution in [1.82, 2.24) is 19.9 Å². The number of aryl methyl sites for hydroxylation is 2.